The van der Waals surface area contributed by atoms with Crippen molar-refractivity contribution in [3.8, 4) is 11.5 Å². The van der Waals surface area contributed by atoms with Crippen molar-refractivity contribution in [2.24, 2.45) is 0 Å². The summed E-state index contributed by atoms with van der Waals surface area (Å²) in [5, 5.41) is 3.51. The number of ether oxygens (including phenoxy) is 1. The third-order valence-electron chi connectivity index (χ3n) is 3.42. The fourth-order valence-electron chi connectivity index (χ4n) is 2.02. The molecule has 0 radical (unpaired) electrons. The van der Waals surface area contributed by atoms with Crippen LogP contribution in [-0.4, -0.2) is 6.04 Å². The molecule has 3 rings (SSSR count). The summed E-state index contributed by atoms with van der Waals surface area (Å²) in [5.74, 6) is 1.71. The molecular formula is C17H18BrNO. The van der Waals surface area contributed by atoms with Crippen molar-refractivity contribution in [3.63, 3.8) is 0 Å². The molecule has 20 heavy (non-hydrogen) atoms. The molecule has 0 aromatic heterocycles. The third kappa shape index (κ3) is 3.62. The lowest BCUT2D eigenvalue weighted by Crippen LogP contribution is -2.15. The Kier molecular flexibility index (Phi) is 4.08. The maximum Gasteiger partial charge on any atom is 0.141 e. The van der Waals surface area contributed by atoms with Gasteiger partial charge < -0.3 is 10.1 Å². The van der Waals surface area contributed by atoms with Crippen LogP contribution in [0.3, 0.4) is 0 Å². The summed E-state index contributed by atoms with van der Waals surface area (Å²) in [6.07, 6.45) is 2.63. The molecule has 2 aromatic carbocycles. The Labute approximate surface area is 128 Å². The monoisotopic (exact) mass is 331 g/mol. The fraction of sp³-hybridized carbons (Fsp3) is 0.294. The van der Waals surface area contributed by atoms with Crippen LogP contribution in [0.25, 0.3) is 0 Å². The van der Waals surface area contributed by atoms with Gasteiger partial charge >= 0.3 is 0 Å². The Morgan fingerprint density at radius 1 is 1.15 bits per heavy atom. The lowest BCUT2D eigenvalue weighted by molar-refractivity contribution is 0.479. The fourth-order valence-corrected chi connectivity index (χ4v) is 2.53. The van der Waals surface area contributed by atoms with Crippen molar-refractivity contribution in [2.75, 3.05) is 0 Å². The Morgan fingerprint density at radius 3 is 2.55 bits per heavy atom. The van der Waals surface area contributed by atoms with Gasteiger partial charge in [0.05, 0.1) is 4.47 Å². The Morgan fingerprint density at radius 2 is 1.90 bits per heavy atom. The molecular weight excluding hydrogens is 314 g/mol. The van der Waals surface area contributed by atoms with Crippen molar-refractivity contribution in [3.05, 3.63) is 58.1 Å². The standard InChI is InChI=1S/C17H18BrNO/c1-12-2-7-15(8-3-12)20-17-9-4-13(10-16(17)18)11-19-14-5-6-14/h2-4,7-10,14,19H,5-6,11H2,1H3. The molecule has 1 aliphatic carbocycles. The van der Waals surface area contributed by atoms with Crippen molar-refractivity contribution >= 4 is 15.9 Å². The second-order valence-electron chi connectivity index (χ2n) is 5.34. The molecule has 0 heterocycles. The molecule has 0 bridgehead atoms. The maximum absolute atomic E-state index is 5.89. The van der Waals surface area contributed by atoms with Crippen LogP contribution in [-0.2, 0) is 6.54 Å². The molecule has 1 fully saturated rings. The zero-order valence-corrected chi connectivity index (χ0v) is 13.1. The minimum absolute atomic E-state index is 0.734. The normalized spacial score (nSPS) is 14.3. The smallest absolute Gasteiger partial charge is 0.141 e. The van der Waals surface area contributed by atoms with E-state index in [0.717, 1.165) is 28.6 Å². The molecule has 1 aliphatic rings. The lowest BCUT2D eigenvalue weighted by Gasteiger charge is -2.10. The molecule has 1 saturated carbocycles. The predicted octanol–water partition coefficient (Wildman–Crippen LogP) is 4.80. The van der Waals surface area contributed by atoms with Gasteiger partial charge in [-0.3, -0.25) is 0 Å². The molecule has 2 aromatic rings. The molecule has 0 spiro atoms. The molecule has 3 heteroatoms. The first-order chi connectivity index (χ1) is 9.70. The second-order valence-corrected chi connectivity index (χ2v) is 6.19. The maximum atomic E-state index is 5.89. The highest BCUT2D eigenvalue weighted by molar-refractivity contribution is 9.10. The van der Waals surface area contributed by atoms with Crippen LogP contribution < -0.4 is 10.1 Å². The number of hydrogen-bond donors (Lipinski definition) is 1. The van der Waals surface area contributed by atoms with Crippen molar-refractivity contribution < 1.29 is 4.74 Å². The summed E-state index contributed by atoms with van der Waals surface area (Å²) in [5.41, 5.74) is 2.51. The van der Waals surface area contributed by atoms with Gasteiger partial charge in [-0.15, -0.1) is 0 Å². The molecule has 0 aliphatic heterocycles. The minimum Gasteiger partial charge on any atom is -0.456 e. The third-order valence-corrected chi connectivity index (χ3v) is 4.04. The zero-order valence-electron chi connectivity index (χ0n) is 11.5. The quantitative estimate of drug-likeness (QED) is 0.849. The molecule has 0 unspecified atom stereocenters. The average molecular weight is 332 g/mol. The SMILES string of the molecule is Cc1ccc(Oc2ccc(CNC3CC3)cc2Br)cc1. The number of halogens is 1. The average Bonchev–Trinajstić information content (AvgIpc) is 3.26. The van der Waals surface area contributed by atoms with E-state index < -0.39 is 0 Å². The van der Waals surface area contributed by atoms with Crippen LogP contribution >= 0.6 is 15.9 Å². The van der Waals surface area contributed by atoms with Crippen molar-refractivity contribution in [2.45, 2.75) is 32.4 Å². The van der Waals surface area contributed by atoms with Crippen LogP contribution in [0.1, 0.15) is 24.0 Å². The first kappa shape index (κ1) is 13.7. The summed E-state index contributed by atoms with van der Waals surface area (Å²) in [4.78, 5) is 0. The summed E-state index contributed by atoms with van der Waals surface area (Å²) < 4.78 is 6.88. The first-order valence-corrected chi connectivity index (χ1v) is 7.76. The number of aryl methyl sites for hydroxylation is 1. The van der Waals surface area contributed by atoms with E-state index in [1.165, 1.54) is 24.0 Å². The second kappa shape index (κ2) is 5.98. The largest absolute Gasteiger partial charge is 0.456 e. The summed E-state index contributed by atoms with van der Waals surface area (Å²) in [6.45, 7) is 3.00. The van der Waals surface area contributed by atoms with Gasteiger partial charge in [0, 0.05) is 12.6 Å². The highest BCUT2D eigenvalue weighted by Crippen LogP contribution is 2.31. The van der Waals surface area contributed by atoms with Crippen LogP contribution in [0.2, 0.25) is 0 Å². The van der Waals surface area contributed by atoms with E-state index in [-0.39, 0.29) is 0 Å². The van der Waals surface area contributed by atoms with E-state index >= 15 is 0 Å². The van der Waals surface area contributed by atoms with Gasteiger partial charge in [-0.2, -0.15) is 0 Å². The van der Waals surface area contributed by atoms with Gasteiger partial charge in [0.1, 0.15) is 11.5 Å². The van der Waals surface area contributed by atoms with E-state index in [1.54, 1.807) is 0 Å². The highest BCUT2D eigenvalue weighted by atomic mass is 79.9. The van der Waals surface area contributed by atoms with Gasteiger partial charge in [0.25, 0.3) is 0 Å². The number of hydrogen-bond acceptors (Lipinski definition) is 2. The van der Waals surface area contributed by atoms with E-state index in [2.05, 4.69) is 52.4 Å². The van der Waals surface area contributed by atoms with E-state index in [0.29, 0.717) is 0 Å². The van der Waals surface area contributed by atoms with Crippen LogP contribution in [0.15, 0.2) is 46.9 Å². The Bertz CT molecular complexity index is 590. The topological polar surface area (TPSA) is 21.3 Å². The number of benzene rings is 2. The van der Waals surface area contributed by atoms with Gasteiger partial charge in [0.15, 0.2) is 0 Å². The molecule has 0 atom stereocenters. The van der Waals surface area contributed by atoms with E-state index in [4.69, 9.17) is 4.74 Å². The van der Waals surface area contributed by atoms with Crippen LogP contribution in [0, 0.1) is 6.92 Å². The van der Waals surface area contributed by atoms with E-state index in [1.807, 2.05) is 18.2 Å². The molecule has 0 saturated heterocycles. The Balaban J connectivity index is 1.68. The summed E-state index contributed by atoms with van der Waals surface area (Å²) in [6, 6.07) is 15.1. The molecule has 1 N–H and O–H groups in total. The molecule has 2 nitrogen and oxygen atoms in total. The van der Waals surface area contributed by atoms with Crippen LogP contribution in [0.5, 0.6) is 11.5 Å². The van der Waals surface area contributed by atoms with Crippen molar-refractivity contribution in [1.29, 1.82) is 0 Å². The summed E-state index contributed by atoms with van der Waals surface area (Å²) in [7, 11) is 0. The van der Waals surface area contributed by atoms with Crippen LogP contribution in [0.4, 0.5) is 0 Å². The summed E-state index contributed by atoms with van der Waals surface area (Å²) >= 11 is 3.59. The number of nitrogens with one attached hydrogen (secondary N) is 1. The lowest BCUT2D eigenvalue weighted by atomic mass is 10.2. The highest BCUT2D eigenvalue weighted by Gasteiger charge is 2.20. The Hall–Kier alpha value is -1.32. The molecule has 0 amide bonds. The molecule has 104 valence electrons. The minimum atomic E-state index is 0.734. The first-order valence-electron chi connectivity index (χ1n) is 6.97. The predicted molar refractivity (Wildman–Crippen MR) is 85.3 cm³/mol. The zero-order chi connectivity index (χ0) is 13.9. The van der Waals surface area contributed by atoms with Gasteiger partial charge in [-0.25, -0.2) is 0 Å². The van der Waals surface area contributed by atoms with Gasteiger partial charge in [-0.05, 0) is 65.5 Å². The number of rotatable bonds is 5. The van der Waals surface area contributed by atoms with Gasteiger partial charge in [0.2, 0.25) is 0 Å². The van der Waals surface area contributed by atoms with Crippen molar-refractivity contribution in [1.82, 2.24) is 5.32 Å². The van der Waals surface area contributed by atoms with Gasteiger partial charge in [-0.1, -0.05) is 23.8 Å². The van der Waals surface area contributed by atoms with E-state index in [9.17, 15) is 0 Å².